The van der Waals surface area contributed by atoms with Gasteiger partial charge in [0.1, 0.15) is 29.8 Å². The number of Topliss-reactive ketones (excluding diaryl/α,β-unsaturated/α-hetero) is 1. The third kappa shape index (κ3) is 3.64. The number of aliphatic imine (C=N–C) groups is 1. The number of fused-ring (bicyclic) bond motifs is 1. The zero-order chi connectivity index (χ0) is 20.6. The lowest BCUT2D eigenvalue weighted by atomic mass is 9.84. The quantitative estimate of drug-likeness (QED) is 0.693. The summed E-state index contributed by atoms with van der Waals surface area (Å²) in [4.78, 5) is 20.8. The van der Waals surface area contributed by atoms with Crippen LogP contribution in [0, 0.1) is 5.92 Å². The number of hydrogen-bond acceptors (Lipinski definition) is 6. The van der Waals surface area contributed by atoms with E-state index in [1.807, 2.05) is 0 Å². The third-order valence-corrected chi connectivity index (χ3v) is 5.57. The van der Waals surface area contributed by atoms with Crippen molar-refractivity contribution < 1.29 is 23.0 Å². The first kappa shape index (κ1) is 19.6. The number of aromatic nitrogens is 1. The largest absolute Gasteiger partial charge is 0.462 e. The van der Waals surface area contributed by atoms with Gasteiger partial charge in [0.05, 0.1) is 6.20 Å². The van der Waals surface area contributed by atoms with Gasteiger partial charge in [0, 0.05) is 22.9 Å². The zero-order valence-electron chi connectivity index (χ0n) is 15.3. The lowest BCUT2D eigenvalue weighted by molar-refractivity contribution is 0.0988. The van der Waals surface area contributed by atoms with E-state index in [0.29, 0.717) is 22.6 Å². The topological polar surface area (TPSA) is 86.8 Å². The summed E-state index contributed by atoms with van der Waals surface area (Å²) in [5, 5.41) is 0.355. The van der Waals surface area contributed by atoms with Crippen molar-refractivity contribution in [3.63, 3.8) is 0 Å². The molecule has 0 bridgehead atoms. The van der Waals surface area contributed by atoms with E-state index in [1.165, 1.54) is 18.3 Å². The summed E-state index contributed by atoms with van der Waals surface area (Å²) in [7, 11) is 0. The summed E-state index contributed by atoms with van der Waals surface area (Å²) in [6.45, 7) is -1.74. The van der Waals surface area contributed by atoms with Crippen LogP contribution in [0.15, 0.2) is 41.5 Å². The minimum atomic E-state index is -1.20. The van der Waals surface area contributed by atoms with E-state index in [9.17, 15) is 13.6 Å². The van der Waals surface area contributed by atoms with Gasteiger partial charge in [-0.05, 0) is 30.2 Å². The first-order valence-corrected chi connectivity index (χ1v) is 9.39. The minimum Gasteiger partial charge on any atom is -0.462 e. The van der Waals surface area contributed by atoms with Gasteiger partial charge in [0.25, 0.3) is 6.02 Å². The molecule has 0 amide bonds. The van der Waals surface area contributed by atoms with E-state index in [2.05, 4.69) is 14.7 Å². The smallest absolute Gasteiger partial charge is 0.283 e. The lowest BCUT2D eigenvalue weighted by Gasteiger charge is -2.32. The van der Waals surface area contributed by atoms with E-state index in [-0.39, 0.29) is 41.7 Å². The second-order valence-electron chi connectivity index (χ2n) is 7.05. The number of pyridine rings is 1. The van der Waals surface area contributed by atoms with E-state index >= 15 is 0 Å². The Kier molecular flexibility index (Phi) is 5.12. The van der Waals surface area contributed by atoms with Gasteiger partial charge in [0.2, 0.25) is 6.86 Å². The van der Waals surface area contributed by atoms with Crippen molar-refractivity contribution in [1.29, 1.82) is 0 Å². The molecule has 1 aliphatic heterocycles. The Balaban J connectivity index is 1.60. The van der Waals surface area contributed by atoms with Crippen molar-refractivity contribution in [2.75, 3.05) is 13.5 Å². The Labute approximate surface area is 170 Å². The predicted octanol–water partition coefficient (Wildman–Crippen LogP) is 3.36. The van der Waals surface area contributed by atoms with Crippen LogP contribution in [0.4, 0.5) is 8.78 Å². The molecule has 0 radical (unpaired) electrons. The number of hydrogen-bond donors (Lipinski definition) is 1. The SMILES string of the molecule is NC1=N[C@](CF)(c2cc(CC(=O)c3ccc(OCF)cn3)ccc2Cl)[C@H]2C[C@H]2O1. The van der Waals surface area contributed by atoms with Gasteiger partial charge in [-0.25, -0.2) is 18.8 Å². The van der Waals surface area contributed by atoms with Gasteiger partial charge in [-0.15, -0.1) is 0 Å². The summed E-state index contributed by atoms with van der Waals surface area (Å²) < 4.78 is 36.5. The number of rotatable bonds is 7. The average Bonchev–Trinajstić information content (AvgIpc) is 3.49. The van der Waals surface area contributed by atoms with Gasteiger partial charge >= 0.3 is 0 Å². The summed E-state index contributed by atoms with van der Waals surface area (Å²) in [6, 6.07) is 7.90. The monoisotopic (exact) mass is 421 g/mol. The number of carbonyl (C=O) groups excluding carboxylic acids is 1. The molecule has 2 aromatic rings. The molecule has 2 N–H and O–H groups in total. The standard InChI is InChI=1S/C20H18ClF2N3O3/c21-15-3-1-11(6-17(27)16-4-2-12(8-25-16)28-10-23)5-13(15)20(9-22)14-7-18(14)29-19(24)26-20/h1-5,8,14,18H,6-7,9-10H2,(H2,24,26)/t14-,18+,20+/m0/s1. The number of amidine groups is 1. The van der Waals surface area contributed by atoms with Crippen molar-refractivity contribution in [2.24, 2.45) is 16.6 Å². The maximum absolute atomic E-state index is 14.2. The second kappa shape index (κ2) is 7.59. The van der Waals surface area contributed by atoms with Crippen LogP contribution >= 0.6 is 11.6 Å². The molecule has 0 spiro atoms. The number of alkyl halides is 2. The molecule has 9 heteroatoms. The molecule has 2 aliphatic rings. The number of ether oxygens (including phenoxy) is 2. The summed E-state index contributed by atoms with van der Waals surface area (Å²) >= 11 is 6.37. The molecule has 1 aromatic heterocycles. The van der Waals surface area contributed by atoms with Crippen molar-refractivity contribution in [3.8, 4) is 5.75 Å². The molecule has 0 unspecified atom stereocenters. The first-order chi connectivity index (χ1) is 14.0. The zero-order valence-corrected chi connectivity index (χ0v) is 16.0. The maximum atomic E-state index is 14.2. The van der Waals surface area contributed by atoms with E-state index in [1.54, 1.807) is 18.2 Å². The van der Waals surface area contributed by atoms with Crippen molar-refractivity contribution >= 4 is 23.4 Å². The first-order valence-electron chi connectivity index (χ1n) is 9.01. The fraction of sp³-hybridized carbons (Fsp3) is 0.350. The highest BCUT2D eigenvalue weighted by Gasteiger charge is 2.59. The summed E-state index contributed by atoms with van der Waals surface area (Å²) in [5.41, 5.74) is 5.89. The Hall–Kier alpha value is -2.74. The number of halogens is 3. The molecule has 1 aromatic carbocycles. The van der Waals surface area contributed by atoms with Crippen LogP contribution in [0.1, 0.15) is 28.0 Å². The second-order valence-corrected chi connectivity index (χ2v) is 7.46. The number of benzene rings is 1. The fourth-order valence-electron chi connectivity index (χ4n) is 3.71. The third-order valence-electron chi connectivity index (χ3n) is 5.24. The molecule has 152 valence electrons. The van der Waals surface area contributed by atoms with Crippen LogP contribution in [0.25, 0.3) is 0 Å². The number of carbonyl (C=O) groups is 1. The molecule has 3 atom stereocenters. The summed E-state index contributed by atoms with van der Waals surface area (Å²) in [5.74, 6) is -0.164. The minimum absolute atomic E-state index is 0.0344. The number of nitrogens with two attached hydrogens (primary N) is 1. The molecular weight excluding hydrogens is 404 g/mol. The molecule has 1 saturated carbocycles. The van der Waals surface area contributed by atoms with Crippen LogP contribution in [0.5, 0.6) is 5.75 Å². The molecule has 1 fully saturated rings. The van der Waals surface area contributed by atoms with Gasteiger partial charge in [-0.2, -0.15) is 0 Å². The molecule has 6 nitrogen and oxygen atoms in total. The van der Waals surface area contributed by atoms with Gasteiger partial charge in [0.15, 0.2) is 5.78 Å². The predicted molar refractivity (Wildman–Crippen MR) is 103 cm³/mol. The number of nitrogens with zero attached hydrogens (tertiary/aromatic N) is 2. The van der Waals surface area contributed by atoms with Crippen molar-refractivity contribution in [3.05, 3.63) is 58.4 Å². The highest BCUT2D eigenvalue weighted by Crippen LogP contribution is 2.54. The van der Waals surface area contributed by atoms with Crippen LogP contribution in [0.2, 0.25) is 5.02 Å². The lowest BCUT2D eigenvalue weighted by Crippen LogP contribution is -2.39. The van der Waals surface area contributed by atoms with Crippen LogP contribution in [0.3, 0.4) is 0 Å². The summed E-state index contributed by atoms with van der Waals surface area (Å²) in [6.07, 6.45) is 1.79. The molecule has 29 heavy (non-hydrogen) atoms. The highest BCUT2D eigenvalue weighted by atomic mass is 35.5. The number of ketones is 1. The molecule has 0 saturated heterocycles. The Bertz CT molecular complexity index is 970. The van der Waals surface area contributed by atoms with E-state index in [0.717, 1.165) is 0 Å². The molecule has 1 aliphatic carbocycles. The van der Waals surface area contributed by atoms with Crippen LogP contribution in [-0.4, -0.2) is 36.4 Å². The van der Waals surface area contributed by atoms with Crippen LogP contribution < -0.4 is 10.5 Å². The van der Waals surface area contributed by atoms with Gasteiger partial charge in [-0.1, -0.05) is 23.7 Å². The Morgan fingerprint density at radius 2 is 2.17 bits per heavy atom. The van der Waals surface area contributed by atoms with E-state index in [4.69, 9.17) is 22.1 Å². The van der Waals surface area contributed by atoms with Crippen molar-refractivity contribution in [1.82, 2.24) is 4.98 Å². The fourth-order valence-corrected chi connectivity index (χ4v) is 3.99. The van der Waals surface area contributed by atoms with Crippen LogP contribution in [-0.2, 0) is 16.7 Å². The normalized spacial score (nSPS) is 24.9. The average molecular weight is 422 g/mol. The highest BCUT2D eigenvalue weighted by molar-refractivity contribution is 6.31. The van der Waals surface area contributed by atoms with Gasteiger partial charge in [-0.3, -0.25) is 4.79 Å². The Morgan fingerprint density at radius 1 is 1.34 bits per heavy atom. The van der Waals surface area contributed by atoms with E-state index < -0.39 is 19.1 Å². The molecule has 4 rings (SSSR count). The molecular formula is C20H18ClF2N3O3. The van der Waals surface area contributed by atoms with Crippen molar-refractivity contribution in [2.45, 2.75) is 24.5 Å². The Morgan fingerprint density at radius 3 is 2.86 bits per heavy atom. The van der Waals surface area contributed by atoms with Gasteiger partial charge < -0.3 is 15.2 Å². The molecule has 2 heterocycles. The maximum Gasteiger partial charge on any atom is 0.283 e.